The highest BCUT2D eigenvalue weighted by molar-refractivity contribution is 5.72. The summed E-state index contributed by atoms with van der Waals surface area (Å²) in [7, 11) is 0. The first-order valence-corrected chi connectivity index (χ1v) is 12.6. The number of hydrogen-bond donors (Lipinski definition) is 1. The molecule has 0 aliphatic rings. The third-order valence-corrected chi connectivity index (χ3v) is 4.67. The largest absolute Gasteiger partial charge is 0.463 e. The fourth-order valence-corrected chi connectivity index (χ4v) is 2.74. The quantitative estimate of drug-likeness (QED) is 0.127. The van der Waals surface area contributed by atoms with Crippen LogP contribution in [0.25, 0.3) is 0 Å². The van der Waals surface area contributed by atoms with Gasteiger partial charge in [0.1, 0.15) is 6.61 Å². The zero-order valence-electron chi connectivity index (χ0n) is 21.3. The van der Waals surface area contributed by atoms with E-state index in [9.17, 15) is 4.79 Å². The molecule has 0 saturated carbocycles. The summed E-state index contributed by atoms with van der Waals surface area (Å²) in [5.74, 6) is -0.116. The first kappa shape index (κ1) is 33.1. The summed E-state index contributed by atoms with van der Waals surface area (Å²) in [5.41, 5.74) is 0. The number of carbonyl (C=O) groups excluding carboxylic acids is 1. The van der Waals surface area contributed by atoms with E-state index in [1.165, 1.54) is 0 Å². The maximum absolute atomic E-state index is 12.0. The Kier molecular flexibility index (Phi) is 27.7. The van der Waals surface area contributed by atoms with Crippen molar-refractivity contribution in [2.45, 2.75) is 39.5 Å². The lowest BCUT2D eigenvalue weighted by atomic mass is 10.00. The van der Waals surface area contributed by atoms with Gasteiger partial charge in [0.05, 0.1) is 105 Å². The van der Waals surface area contributed by atoms with Gasteiger partial charge in [-0.15, -0.1) is 0 Å². The van der Waals surface area contributed by atoms with Crippen molar-refractivity contribution in [1.29, 1.82) is 0 Å². The van der Waals surface area contributed by atoms with E-state index in [-0.39, 0.29) is 25.1 Å². The minimum absolute atomic E-state index is 0.00200. The summed E-state index contributed by atoms with van der Waals surface area (Å²) < 4.78 is 42.7. The lowest BCUT2D eigenvalue weighted by Crippen LogP contribution is -2.20. The molecule has 0 aliphatic carbocycles. The van der Waals surface area contributed by atoms with Crippen LogP contribution in [0.15, 0.2) is 0 Å². The average Bonchev–Trinajstić information content (AvgIpc) is 2.85. The molecule has 0 rings (SSSR count). The summed E-state index contributed by atoms with van der Waals surface area (Å²) in [5, 5.41) is 8.55. The number of aliphatic hydroxyl groups excluding tert-OH is 1. The summed E-state index contributed by atoms with van der Waals surface area (Å²) in [4.78, 5) is 12.0. The van der Waals surface area contributed by atoms with Gasteiger partial charge in [0.15, 0.2) is 0 Å². The number of carbonyl (C=O) groups is 1. The molecule has 0 bridgehead atoms. The fourth-order valence-electron chi connectivity index (χ4n) is 2.74. The van der Waals surface area contributed by atoms with Crippen LogP contribution in [0.1, 0.15) is 39.5 Å². The molecular formula is C24H48O10. The smallest absolute Gasteiger partial charge is 0.308 e. The molecular weight excluding hydrogens is 448 g/mol. The molecule has 34 heavy (non-hydrogen) atoms. The number of rotatable bonds is 28. The molecule has 1 N–H and O–H groups in total. The summed E-state index contributed by atoms with van der Waals surface area (Å²) >= 11 is 0. The lowest BCUT2D eigenvalue weighted by molar-refractivity contribution is -0.150. The molecule has 0 aromatic heterocycles. The van der Waals surface area contributed by atoms with Gasteiger partial charge in [-0.3, -0.25) is 4.79 Å². The predicted molar refractivity (Wildman–Crippen MR) is 127 cm³/mol. The van der Waals surface area contributed by atoms with Crippen molar-refractivity contribution in [1.82, 2.24) is 0 Å². The van der Waals surface area contributed by atoms with Crippen LogP contribution in [0.3, 0.4) is 0 Å². The van der Waals surface area contributed by atoms with Crippen LogP contribution in [-0.2, 0) is 42.7 Å². The first-order chi connectivity index (χ1) is 16.8. The highest BCUT2D eigenvalue weighted by atomic mass is 16.6. The van der Waals surface area contributed by atoms with Crippen molar-refractivity contribution in [3.63, 3.8) is 0 Å². The zero-order chi connectivity index (χ0) is 25.0. The molecule has 1 unspecified atom stereocenters. The molecule has 1 atom stereocenters. The van der Waals surface area contributed by atoms with Gasteiger partial charge in [0, 0.05) is 0 Å². The second-order valence-electron chi connectivity index (χ2n) is 7.43. The molecule has 0 aromatic rings. The Labute approximate surface area is 205 Å². The highest BCUT2D eigenvalue weighted by Gasteiger charge is 2.16. The van der Waals surface area contributed by atoms with Crippen LogP contribution < -0.4 is 0 Å². The van der Waals surface area contributed by atoms with Gasteiger partial charge < -0.3 is 43.0 Å². The third-order valence-electron chi connectivity index (χ3n) is 4.67. The standard InChI is InChI=1S/C24H48O10/c1-3-5-6-23(4-2)24(26)34-22-21-33-20-19-32-18-17-31-16-15-30-14-13-29-12-11-28-10-9-27-8-7-25/h23,25H,3-22H2,1-2H3. The Morgan fingerprint density at radius 1 is 0.588 bits per heavy atom. The maximum atomic E-state index is 12.0. The zero-order valence-corrected chi connectivity index (χ0v) is 21.3. The van der Waals surface area contributed by atoms with E-state index in [2.05, 4.69) is 6.92 Å². The van der Waals surface area contributed by atoms with Crippen molar-refractivity contribution < 1.29 is 47.8 Å². The number of unbranched alkanes of at least 4 members (excludes halogenated alkanes) is 1. The maximum Gasteiger partial charge on any atom is 0.308 e. The number of hydrogen-bond acceptors (Lipinski definition) is 10. The van der Waals surface area contributed by atoms with Crippen LogP contribution in [0.4, 0.5) is 0 Å². The van der Waals surface area contributed by atoms with Crippen LogP contribution >= 0.6 is 0 Å². The van der Waals surface area contributed by atoms with E-state index in [4.69, 9.17) is 43.0 Å². The molecule has 0 radical (unpaired) electrons. The van der Waals surface area contributed by atoms with Gasteiger partial charge in [-0.2, -0.15) is 0 Å². The number of ether oxygens (including phenoxy) is 8. The van der Waals surface area contributed by atoms with Gasteiger partial charge in [0.2, 0.25) is 0 Å². The lowest BCUT2D eigenvalue weighted by Gasteiger charge is -2.13. The van der Waals surface area contributed by atoms with Crippen LogP contribution in [-0.4, -0.2) is 117 Å². The second kappa shape index (κ2) is 28.4. The van der Waals surface area contributed by atoms with Crippen molar-refractivity contribution in [3.8, 4) is 0 Å². The molecule has 10 nitrogen and oxygen atoms in total. The van der Waals surface area contributed by atoms with E-state index in [0.29, 0.717) is 92.5 Å². The van der Waals surface area contributed by atoms with E-state index in [1.54, 1.807) is 0 Å². The predicted octanol–water partition coefficient (Wildman–Crippen LogP) is 1.85. The van der Waals surface area contributed by atoms with E-state index < -0.39 is 0 Å². The molecule has 0 saturated heterocycles. The summed E-state index contributed by atoms with van der Waals surface area (Å²) in [6.45, 7) is 11.0. The van der Waals surface area contributed by atoms with Gasteiger partial charge in [-0.05, 0) is 12.8 Å². The van der Waals surface area contributed by atoms with Gasteiger partial charge >= 0.3 is 5.97 Å². The molecule has 10 heteroatoms. The average molecular weight is 497 g/mol. The third kappa shape index (κ3) is 24.3. The van der Waals surface area contributed by atoms with Crippen LogP contribution in [0.5, 0.6) is 0 Å². The second-order valence-corrected chi connectivity index (χ2v) is 7.43. The van der Waals surface area contributed by atoms with Gasteiger partial charge in [-0.25, -0.2) is 0 Å². The highest BCUT2D eigenvalue weighted by Crippen LogP contribution is 2.14. The van der Waals surface area contributed by atoms with Crippen LogP contribution in [0, 0.1) is 5.92 Å². The Bertz CT molecular complexity index is 411. The molecule has 0 aliphatic heterocycles. The molecule has 204 valence electrons. The SMILES string of the molecule is CCCCC(CC)C(=O)OCCOCCOCCOCCOCCOCCOCCOCCO. The topological polar surface area (TPSA) is 111 Å². The number of esters is 1. The van der Waals surface area contributed by atoms with Crippen molar-refractivity contribution >= 4 is 5.97 Å². The number of aliphatic hydroxyl groups is 1. The Hall–Kier alpha value is -0.850. The Balaban J connectivity index is 3.18. The van der Waals surface area contributed by atoms with Crippen LogP contribution in [0.2, 0.25) is 0 Å². The van der Waals surface area contributed by atoms with Crippen molar-refractivity contribution in [3.05, 3.63) is 0 Å². The molecule has 0 spiro atoms. The molecule has 0 heterocycles. The van der Waals surface area contributed by atoms with Crippen molar-refractivity contribution in [2.75, 3.05) is 106 Å². The van der Waals surface area contributed by atoms with Crippen molar-refractivity contribution in [2.24, 2.45) is 5.92 Å². The summed E-state index contributed by atoms with van der Waals surface area (Å²) in [6.07, 6.45) is 3.85. The van der Waals surface area contributed by atoms with E-state index in [0.717, 1.165) is 25.7 Å². The first-order valence-electron chi connectivity index (χ1n) is 12.6. The Morgan fingerprint density at radius 2 is 0.941 bits per heavy atom. The van der Waals surface area contributed by atoms with Gasteiger partial charge in [0.25, 0.3) is 0 Å². The van der Waals surface area contributed by atoms with E-state index >= 15 is 0 Å². The monoisotopic (exact) mass is 496 g/mol. The Morgan fingerprint density at radius 3 is 1.26 bits per heavy atom. The molecule has 0 aromatic carbocycles. The minimum Gasteiger partial charge on any atom is -0.463 e. The van der Waals surface area contributed by atoms with Gasteiger partial charge in [-0.1, -0.05) is 26.7 Å². The summed E-state index contributed by atoms with van der Waals surface area (Å²) in [6, 6.07) is 0. The normalized spacial score (nSPS) is 12.2. The minimum atomic E-state index is -0.118. The molecule has 0 fully saturated rings. The molecule has 0 amide bonds. The fraction of sp³-hybridized carbons (Fsp3) is 0.958. The van der Waals surface area contributed by atoms with E-state index in [1.807, 2.05) is 6.92 Å².